The molecule has 0 saturated heterocycles. The Morgan fingerprint density at radius 3 is 0.983 bits per heavy atom. The van der Waals surface area contributed by atoms with E-state index in [1.807, 2.05) is 0 Å². The Morgan fingerprint density at radius 2 is 0.655 bits per heavy atom. The van der Waals surface area contributed by atoms with Gasteiger partial charge >= 0.3 is 17.9 Å². The minimum Gasteiger partial charge on any atom is -0.462 e. The topological polar surface area (TPSA) is 78.9 Å². The second-order valence-corrected chi connectivity index (χ2v) is 18.5. The number of unbranched alkanes of at least 4 members (excludes halogenated alkanes) is 30. The summed E-state index contributed by atoms with van der Waals surface area (Å²) in [5.74, 6) is 0.848. The van der Waals surface area contributed by atoms with E-state index in [4.69, 9.17) is 14.2 Å². The highest BCUT2D eigenvalue weighted by Crippen LogP contribution is 2.18. The Balaban J connectivity index is 4.32. The SMILES string of the molecule is CCCCCCCCCCCCCCC(=O)O[C@@H](COC(=O)CCCCCCCCCCCCCC(C)C)COC(=O)CCCCCCCCCCCCC(C)CC. The Labute approximate surface area is 361 Å². The molecule has 0 aliphatic heterocycles. The molecule has 0 aliphatic rings. The van der Waals surface area contributed by atoms with Gasteiger partial charge in [-0.15, -0.1) is 0 Å². The van der Waals surface area contributed by atoms with Crippen molar-refractivity contribution in [3.8, 4) is 0 Å². The second kappa shape index (κ2) is 44.9. The summed E-state index contributed by atoms with van der Waals surface area (Å²) in [6.45, 7) is 11.4. The molecule has 0 aromatic carbocycles. The summed E-state index contributed by atoms with van der Waals surface area (Å²) in [5.41, 5.74) is 0. The van der Waals surface area contributed by atoms with Crippen molar-refractivity contribution >= 4 is 17.9 Å². The number of esters is 3. The summed E-state index contributed by atoms with van der Waals surface area (Å²) in [6.07, 6.45) is 45.0. The van der Waals surface area contributed by atoms with E-state index in [-0.39, 0.29) is 31.1 Å². The average Bonchev–Trinajstić information content (AvgIpc) is 3.21. The molecule has 0 saturated carbocycles. The van der Waals surface area contributed by atoms with Crippen LogP contribution in [0.3, 0.4) is 0 Å². The number of rotatable bonds is 46. The van der Waals surface area contributed by atoms with E-state index in [0.29, 0.717) is 19.3 Å². The number of carbonyl (C=O) groups is 3. The fourth-order valence-electron chi connectivity index (χ4n) is 7.78. The standard InChI is InChI=1S/C52H100O6/c1-6-8-9-10-11-12-13-16-24-29-34-39-44-52(55)58-49(45-56-50(53)42-37-32-27-22-17-14-15-20-25-30-35-40-47(3)4)46-57-51(54)43-38-33-28-23-19-18-21-26-31-36-41-48(5)7-2/h47-49H,6-46H2,1-5H3/t48?,49-/m0/s1. The highest BCUT2D eigenvalue weighted by atomic mass is 16.6. The number of hydrogen-bond acceptors (Lipinski definition) is 6. The third-order valence-electron chi connectivity index (χ3n) is 12.1. The third-order valence-corrected chi connectivity index (χ3v) is 12.1. The van der Waals surface area contributed by atoms with Gasteiger partial charge in [0.1, 0.15) is 13.2 Å². The molecule has 58 heavy (non-hydrogen) atoms. The van der Waals surface area contributed by atoms with Crippen LogP contribution in [-0.4, -0.2) is 37.2 Å². The van der Waals surface area contributed by atoms with Gasteiger partial charge in [0, 0.05) is 19.3 Å². The summed E-state index contributed by atoms with van der Waals surface area (Å²) in [5, 5.41) is 0. The number of ether oxygens (including phenoxy) is 3. The van der Waals surface area contributed by atoms with Crippen LogP contribution in [0.4, 0.5) is 0 Å². The van der Waals surface area contributed by atoms with Gasteiger partial charge in [-0.3, -0.25) is 14.4 Å². The molecule has 0 amide bonds. The fourth-order valence-corrected chi connectivity index (χ4v) is 7.78. The van der Waals surface area contributed by atoms with Gasteiger partial charge < -0.3 is 14.2 Å². The molecule has 6 nitrogen and oxygen atoms in total. The lowest BCUT2D eigenvalue weighted by molar-refractivity contribution is -0.167. The highest BCUT2D eigenvalue weighted by Gasteiger charge is 2.19. The molecule has 0 bridgehead atoms. The smallest absolute Gasteiger partial charge is 0.306 e. The van der Waals surface area contributed by atoms with Crippen molar-refractivity contribution in [1.29, 1.82) is 0 Å². The summed E-state index contributed by atoms with van der Waals surface area (Å²) in [7, 11) is 0. The fraction of sp³-hybridized carbons (Fsp3) is 0.942. The zero-order valence-electron chi connectivity index (χ0n) is 39.7. The van der Waals surface area contributed by atoms with Crippen molar-refractivity contribution in [2.75, 3.05) is 13.2 Å². The van der Waals surface area contributed by atoms with Gasteiger partial charge in [0.25, 0.3) is 0 Å². The summed E-state index contributed by atoms with van der Waals surface area (Å²) in [6, 6.07) is 0. The van der Waals surface area contributed by atoms with Gasteiger partial charge in [-0.2, -0.15) is 0 Å². The normalized spacial score (nSPS) is 12.5. The quantitative estimate of drug-likeness (QED) is 0.0346. The van der Waals surface area contributed by atoms with E-state index in [0.717, 1.165) is 69.6 Å². The third kappa shape index (κ3) is 44.0. The molecule has 0 heterocycles. The molecule has 0 aromatic heterocycles. The lowest BCUT2D eigenvalue weighted by Crippen LogP contribution is -2.30. The first-order valence-electron chi connectivity index (χ1n) is 25.8. The van der Waals surface area contributed by atoms with Gasteiger partial charge in [-0.05, 0) is 31.1 Å². The summed E-state index contributed by atoms with van der Waals surface area (Å²) < 4.78 is 16.8. The molecule has 0 N–H and O–H groups in total. The van der Waals surface area contributed by atoms with Crippen LogP contribution < -0.4 is 0 Å². The van der Waals surface area contributed by atoms with E-state index >= 15 is 0 Å². The molecule has 0 spiro atoms. The van der Waals surface area contributed by atoms with E-state index in [1.165, 1.54) is 173 Å². The molecule has 0 radical (unpaired) electrons. The lowest BCUT2D eigenvalue weighted by Gasteiger charge is -2.18. The van der Waals surface area contributed by atoms with Gasteiger partial charge in [-0.1, -0.05) is 247 Å². The largest absolute Gasteiger partial charge is 0.462 e. The number of carbonyl (C=O) groups excluding carboxylic acids is 3. The van der Waals surface area contributed by atoms with Crippen molar-refractivity contribution in [2.45, 2.75) is 291 Å². The molecule has 0 rings (SSSR count). The first-order valence-corrected chi connectivity index (χ1v) is 25.8. The summed E-state index contributed by atoms with van der Waals surface area (Å²) >= 11 is 0. The highest BCUT2D eigenvalue weighted by molar-refractivity contribution is 5.71. The monoisotopic (exact) mass is 821 g/mol. The van der Waals surface area contributed by atoms with Crippen molar-refractivity contribution in [2.24, 2.45) is 11.8 Å². The van der Waals surface area contributed by atoms with Crippen LogP contribution >= 0.6 is 0 Å². The zero-order valence-corrected chi connectivity index (χ0v) is 39.7. The molecular weight excluding hydrogens is 721 g/mol. The van der Waals surface area contributed by atoms with Crippen LogP contribution in [0.5, 0.6) is 0 Å². The van der Waals surface area contributed by atoms with Gasteiger partial charge in [0.15, 0.2) is 6.10 Å². The average molecular weight is 821 g/mol. The van der Waals surface area contributed by atoms with E-state index in [2.05, 4.69) is 34.6 Å². The van der Waals surface area contributed by atoms with Crippen LogP contribution in [0.15, 0.2) is 0 Å². The first kappa shape index (κ1) is 56.4. The van der Waals surface area contributed by atoms with Crippen molar-refractivity contribution in [1.82, 2.24) is 0 Å². The maximum absolute atomic E-state index is 12.8. The Bertz CT molecular complexity index is 887. The van der Waals surface area contributed by atoms with Crippen LogP contribution in [0.25, 0.3) is 0 Å². The van der Waals surface area contributed by atoms with Crippen LogP contribution in [0, 0.1) is 11.8 Å². The Morgan fingerprint density at radius 1 is 0.362 bits per heavy atom. The van der Waals surface area contributed by atoms with Gasteiger partial charge in [0.2, 0.25) is 0 Å². The van der Waals surface area contributed by atoms with Gasteiger partial charge in [-0.25, -0.2) is 0 Å². The van der Waals surface area contributed by atoms with E-state index in [9.17, 15) is 14.4 Å². The van der Waals surface area contributed by atoms with Gasteiger partial charge in [0.05, 0.1) is 0 Å². The minimum absolute atomic E-state index is 0.0639. The van der Waals surface area contributed by atoms with Crippen molar-refractivity contribution < 1.29 is 28.6 Å². The Kier molecular flexibility index (Phi) is 43.7. The predicted octanol–water partition coefficient (Wildman–Crippen LogP) is 16.5. The Hall–Kier alpha value is -1.59. The van der Waals surface area contributed by atoms with Crippen LogP contribution in [0.1, 0.15) is 285 Å². The van der Waals surface area contributed by atoms with E-state index < -0.39 is 6.10 Å². The molecule has 2 atom stereocenters. The van der Waals surface area contributed by atoms with Crippen molar-refractivity contribution in [3.63, 3.8) is 0 Å². The van der Waals surface area contributed by atoms with Crippen LogP contribution in [0.2, 0.25) is 0 Å². The predicted molar refractivity (Wildman–Crippen MR) is 247 cm³/mol. The maximum Gasteiger partial charge on any atom is 0.306 e. The van der Waals surface area contributed by atoms with E-state index in [1.54, 1.807) is 0 Å². The molecule has 344 valence electrons. The van der Waals surface area contributed by atoms with Crippen LogP contribution in [-0.2, 0) is 28.6 Å². The maximum atomic E-state index is 12.8. The summed E-state index contributed by atoms with van der Waals surface area (Å²) in [4.78, 5) is 37.9. The molecule has 0 aliphatic carbocycles. The first-order chi connectivity index (χ1) is 28.3. The zero-order chi connectivity index (χ0) is 42.6. The minimum atomic E-state index is -0.761. The molecule has 6 heteroatoms. The van der Waals surface area contributed by atoms with Crippen molar-refractivity contribution in [3.05, 3.63) is 0 Å². The molecule has 1 unspecified atom stereocenters. The lowest BCUT2D eigenvalue weighted by atomic mass is 9.99. The molecular formula is C52H100O6. The molecule has 0 aromatic rings. The number of hydrogen-bond donors (Lipinski definition) is 0. The molecule has 0 fully saturated rings. The second-order valence-electron chi connectivity index (χ2n) is 18.5.